The number of nitrogens with two attached hydrogens (primary N) is 1. The fraction of sp³-hybridized carbons (Fsp3) is 0.227. The number of rotatable bonds is 14. The number of hydrogen-bond donors (Lipinski definition) is 6. The number of carbonyl (C=O) groups excluding carboxylic acids is 3. The highest BCUT2D eigenvalue weighted by Gasteiger charge is 2.36. The van der Waals surface area contributed by atoms with E-state index in [1.807, 2.05) is 6.07 Å². The van der Waals surface area contributed by atoms with Crippen molar-refractivity contribution in [1.29, 1.82) is 0 Å². The van der Waals surface area contributed by atoms with E-state index in [9.17, 15) is 55.7 Å². The molecular formula is C44H39F6N7O7. The third kappa shape index (κ3) is 10.0. The van der Waals surface area contributed by atoms with Crippen LogP contribution in [0.1, 0.15) is 77.1 Å². The Hall–Kier alpha value is -7.64. The molecule has 6 rings (SSSR count). The summed E-state index contributed by atoms with van der Waals surface area (Å²) in [5.41, 5.74) is 9.09. The van der Waals surface area contributed by atoms with Crippen molar-refractivity contribution in [3.05, 3.63) is 117 Å². The molecule has 0 aliphatic rings. The second-order valence-electron chi connectivity index (χ2n) is 14.9. The van der Waals surface area contributed by atoms with Gasteiger partial charge in [-0.1, -0.05) is 24.3 Å². The van der Waals surface area contributed by atoms with Gasteiger partial charge in [0.25, 0.3) is 0 Å². The number of fused-ring (bicyclic) bond motifs is 2. The minimum Gasteiger partial charge on any atom is -0.494 e. The fourth-order valence-electron chi connectivity index (χ4n) is 7.26. The summed E-state index contributed by atoms with van der Waals surface area (Å²) in [5, 5.41) is 40.0. The first-order valence-electron chi connectivity index (χ1n) is 19.3. The van der Waals surface area contributed by atoms with Crippen LogP contribution in [-0.4, -0.2) is 60.1 Å². The number of aromatic hydroxyl groups is 2. The molecule has 6 aromatic rings. The van der Waals surface area contributed by atoms with Gasteiger partial charge >= 0.3 is 18.3 Å². The quantitative estimate of drug-likeness (QED) is 0.0365. The number of carboxylic acid groups (broad SMARTS) is 1. The number of carbonyl (C=O) groups is 4. The standard InChI is InChI=1S/C44H39F6N7O7/c1-22-14-23(2)16-29(15-22)57-35-20-33(44(48,49)50)26(18-31(35)32(41(57)63)21-52-54-37(59)11-10-36(51)58)17-25-4-7-28(8-5-25)56-34-19-27(43(45,46)47)6-9-30(34)40(42(56)64)24(3)53-55-38(60)12-13-39(61)62/h4-9,14-16,18-21,63-64H,10-13,17H2,1-3H3,(H2,51,58)(H,54,59)(H,55,60)(H,61,62). The zero-order valence-corrected chi connectivity index (χ0v) is 34.1. The number of halogens is 6. The Labute approximate surface area is 359 Å². The normalized spacial score (nSPS) is 12.4. The molecule has 2 aromatic heterocycles. The van der Waals surface area contributed by atoms with Gasteiger partial charge in [0.1, 0.15) is 0 Å². The van der Waals surface area contributed by atoms with Crippen LogP contribution >= 0.6 is 0 Å². The van der Waals surface area contributed by atoms with Gasteiger partial charge < -0.3 is 21.1 Å². The highest BCUT2D eigenvalue weighted by atomic mass is 19.4. The number of hydrazone groups is 2. The van der Waals surface area contributed by atoms with Gasteiger partial charge in [-0.3, -0.25) is 28.3 Å². The third-order valence-corrected chi connectivity index (χ3v) is 10.1. The predicted molar refractivity (Wildman–Crippen MR) is 224 cm³/mol. The van der Waals surface area contributed by atoms with Crippen LogP contribution in [0.3, 0.4) is 0 Å². The molecular weight excluding hydrogens is 853 g/mol. The van der Waals surface area contributed by atoms with Crippen molar-refractivity contribution < 1.29 is 60.8 Å². The molecule has 0 unspecified atom stereocenters. The van der Waals surface area contributed by atoms with Crippen molar-refractivity contribution in [2.75, 3.05) is 0 Å². The van der Waals surface area contributed by atoms with E-state index in [2.05, 4.69) is 21.1 Å². The number of carboxylic acids is 1. The number of aromatic nitrogens is 2. The zero-order chi connectivity index (χ0) is 46.8. The fourth-order valence-corrected chi connectivity index (χ4v) is 7.26. The van der Waals surface area contributed by atoms with Crippen LogP contribution in [0.2, 0.25) is 0 Å². The lowest BCUT2D eigenvalue weighted by Crippen LogP contribution is -2.20. The molecule has 3 amide bonds. The molecule has 64 heavy (non-hydrogen) atoms. The first kappa shape index (κ1) is 45.9. The number of benzene rings is 4. The van der Waals surface area contributed by atoms with E-state index in [1.54, 1.807) is 26.0 Å². The Morgan fingerprint density at radius 3 is 1.94 bits per heavy atom. The lowest BCUT2D eigenvalue weighted by Gasteiger charge is -2.16. The molecule has 0 saturated heterocycles. The summed E-state index contributed by atoms with van der Waals surface area (Å²) in [5.74, 6) is -4.48. The maximum Gasteiger partial charge on any atom is 0.416 e. The second kappa shape index (κ2) is 18.0. The van der Waals surface area contributed by atoms with Crippen molar-refractivity contribution >= 4 is 57.4 Å². The highest BCUT2D eigenvalue weighted by Crippen LogP contribution is 2.42. The summed E-state index contributed by atoms with van der Waals surface area (Å²) in [6.07, 6.45) is -10.4. The van der Waals surface area contributed by atoms with Crippen molar-refractivity contribution in [2.45, 2.75) is 65.2 Å². The van der Waals surface area contributed by atoms with E-state index in [-0.39, 0.29) is 69.2 Å². The SMILES string of the molecule is CC(=NNC(=O)CCC(=O)O)c1c(O)n(-c2ccc(Cc3cc4c(C=NNC(=O)CCC(N)=O)c(O)n(-c5cc(C)cc(C)c5)c4cc3C(F)(F)F)cc2)c2cc(C(F)(F)F)ccc12. The van der Waals surface area contributed by atoms with Crippen molar-refractivity contribution in [3.8, 4) is 23.1 Å². The van der Waals surface area contributed by atoms with E-state index >= 15 is 0 Å². The number of nitrogens with zero attached hydrogens (tertiary/aromatic N) is 4. The molecule has 14 nitrogen and oxygen atoms in total. The summed E-state index contributed by atoms with van der Waals surface area (Å²) in [4.78, 5) is 46.4. The summed E-state index contributed by atoms with van der Waals surface area (Å²) in [7, 11) is 0. The number of hydrogen-bond acceptors (Lipinski definition) is 8. The van der Waals surface area contributed by atoms with E-state index in [0.29, 0.717) is 11.3 Å². The molecule has 0 spiro atoms. The van der Waals surface area contributed by atoms with Crippen LogP contribution in [-0.2, 0) is 38.0 Å². The van der Waals surface area contributed by atoms with Crippen LogP contribution in [0.15, 0.2) is 83.0 Å². The molecule has 0 atom stereocenters. The van der Waals surface area contributed by atoms with Crippen LogP contribution in [0.4, 0.5) is 26.3 Å². The van der Waals surface area contributed by atoms with Gasteiger partial charge in [0.15, 0.2) is 0 Å². The zero-order valence-electron chi connectivity index (χ0n) is 34.1. The van der Waals surface area contributed by atoms with E-state index < -0.39 is 71.8 Å². The summed E-state index contributed by atoms with van der Waals surface area (Å²) in [6.45, 7) is 4.92. The lowest BCUT2D eigenvalue weighted by molar-refractivity contribution is -0.139. The molecule has 2 heterocycles. The predicted octanol–water partition coefficient (Wildman–Crippen LogP) is 7.65. The van der Waals surface area contributed by atoms with E-state index in [1.165, 1.54) is 41.8 Å². The molecule has 4 aromatic carbocycles. The molecule has 0 bridgehead atoms. The second-order valence-corrected chi connectivity index (χ2v) is 14.9. The van der Waals surface area contributed by atoms with Crippen LogP contribution < -0.4 is 16.6 Å². The van der Waals surface area contributed by atoms with E-state index in [4.69, 9.17) is 10.8 Å². The Morgan fingerprint density at radius 2 is 1.33 bits per heavy atom. The van der Waals surface area contributed by atoms with Gasteiger partial charge in [-0.05, 0) is 98.0 Å². The van der Waals surface area contributed by atoms with Gasteiger partial charge in [0.05, 0.1) is 51.6 Å². The van der Waals surface area contributed by atoms with Gasteiger partial charge in [0.2, 0.25) is 29.5 Å². The maximum absolute atomic E-state index is 15.0. The Bertz CT molecular complexity index is 2870. The van der Waals surface area contributed by atoms with Crippen LogP contribution in [0, 0.1) is 13.8 Å². The number of amides is 3. The van der Waals surface area contributed by atoms with Crippen LogP contribution in [0.25, 0.3) is 33.2 Å². The topological polar surface area (TPSA) is 214 Å². The summed E-state index contributed by atoms with van der Waals surface area (Å²) >= 11 is 0. The monoisotopic (exact) mass is 891 g/mol. The van der Waals surface area contributed by atoms with Crippen molar-refractivity contribution in [2.24, 2.45) is 15.9 Å². The minimum atomic E-state index is -4.91. The first-order chi connectivity index (χ1) is 30.0. The maximum atomic E-state index is 15.0. The van der Waals surface area contributed by atoms with Crippen LogP contribution in [0.5, 0.6) is 11.8 Å². The summed E-state index contributed by atoms with van der Waals surface area (Å²) in [6, 6.07) is 15.6. The molecule has 20 heteroatoms. The third-order valence-electron chi connectivity index (χ3n) is 10.1. The largest absolute Gasteiger partial charge is 0.494 e. The number of primary amides is 1. The molecule has 0 aliphatic heterocycles. The van der Waals surface area contributed by atoms with Crippen molar-refractivity contribution in [3.63, 3.8) is 0 Å². The number of alkyl halides is 6. The molecule has 0 aliphatic carbocycles. The van der Waals surface area contributed by atoms with E-state index in [0.717, 1.165) is 46.2 Å². The minimum absolute atomic E-state index is 0.0383. The molecule has 334 valence electrons. The number of aliphatic carboxylic acids is 1. The average molecular weight is 892 g/mol. The van der Waals surface area contributed by atoms with Gasteiger partial charge in [-0.25, -0.2) is 10.9 Å². The smallest absolute Gasteiger partial charge is 0.416 e. The average Bonchev–Trinajstić information content (AvgIpc) is 3.65. The molecule has 0 radical (unpaired) electrons. The highest BCUT2D eigenvalue weighted by molar-refractivity contribution is 6.13. The van der Waals surface area contributed by atoms with Gasteiger partial charge in [0, 0.05) is 41.4 Å². The molecule has 7 N–H and O–H groups in total. The Morgan fingerprint density at radius 1 is 0.719 bits per heavy atom. The Balaban J connectivity index is 1.44. The van der Waals surface area contributed by atoms with Gasteiger partial charge in [-0.2, -0.15) is 36.5 Å². The number of nitrogens with one attached hydrogen (secondary N) is 2. The lowest BCUT2D eigenvalue weighted by atomic mass is 9.96. The molecule has 0 saturated carbocycles. The molecule has 0 fully saturated rings. The Kier molecular flexibility index (Phi) is 12.9. The summed E-state index contributed by atoms with van der Waals surface area (Å²) < 4.78 is 88.9. The van der Waals surface area contributed by atoms with Crippen molar-refractivity contribution in [1.82, 2.24) is 20.0 Å². The van der Waals surface area contributed by atoms with Gasteiger partial charge in [-0.15, -0.1) is 0 Å². The first-order valence-corrected chi connectivity index (χ1v) is 19.3. The number of aryl methyl sites for hydroxylation is 2.